The summed E-state index contributed by atoms with van der Waals surface area (Å²) in [7, 11) is 0. The molecule has 76 valence electrons. The Morgan fingerprint density at radius 3 is 2.69 bits per heavy atom. The fourth-order valence-corrected chi connectivity index (χ4v) is 1.55. The van der Waals surface area contributed by atoms with Crippen LogP contribution in [0.1, 0.15) is 26.7 Å². The first kappa shape index (κ1) is 10.5. The van der Waals surface area contributed by atoms with E-state index in [9.17, 15) is 9.90 Å². The first-order valence-electron chi connectivity index (χ1n) is 4.67. The van der Waals surface area contributed by atoms with Crippen molar-refractivity contribution in [2.75, 3.05) is 13.1 Å². The van der Waals surface area contributed by atoms with Gasteiger partial charge in [-0.15, -0.1) is 0 Å². The van der Waals surface area contributed by atoms with Crippen LogP contribution in [0.2, 0.25) is 0 Å². The van der Waals surface area contributed by atoms with Crippen LogP contribution in [0.5, 0.6) is 0 Å². The van der Waals surface area contributed by atoms with Crippen molar-refractivity contribution < 1.29 is 9.90 Å². The smallest absolute Gasteiger partial charge is 0.242 e. The van der Waals surface area contributed by atoms with Crippen molar-refractivity contribution in [3.05, 3.63) is 0 Å². The van der Waals surface area contributed by atoms with Gasteiger partial charge in [-0.2, -0.15) is 0 Å². The number of nitrogens with two attached hydrogens (primary N) is 1. The molecule has 1 atom stereocenters. The quantitative estimate of drug-likeness (QED) is 0.591. The molecular formula is C9H18N2O2. The van der Waals surface area contributed by atoms with Crippen LogP contribution in [0, 0.1) is 0 Å². The van der Waals surface area contributed by atoms with E-state index in [1.165, 1.54) is 0 Å². The van der Waals surface area contributed by atoms with Gasteiger partial charge in [-0.25, -0.2) is 0 Å². The average Bonchev–Trinajstić information content (AvgIpc) is 2.01. The van der Waals surface area contributed by atoms with Crippen molar-refractivity contribution in [1.29, 1.82) is 0 Å². The lowest BCUT2D eigenvalue weighted by atomic mass is 10.0. The van der Waals surface area contributed by atoms with E-state index in [2.05, 4.69) is 0 Å². The number of nitrogens with zero attached hydrogens (tertiary/aromatic N) is 1. The zero-order chi connectivity index (χ0) is 10.1. The molecule has 4 heteroatoms. The predicted octanol–water partition coefficient (Wildman–Crippen LogP) is -0.293. The number of aliphatic hydroxyl groups excluding tert-OH is 1. The number of piperidine rings is 1. The molecule has 1 unspecified atom stereocenters. The molecule has 0 bridgehead atoms. The lowest BCUT2D eigenvalue weighted by molar-refractivity contribution is -0.138. The molecule has 0 aromatic carbocycles. The van der Waals surface area contributed by atoms with Gasteiger partial charge in [0.2, 0.25) is 5.91 Å². The maximum Gasteiger partial charge on any atom is 0.242 e. The van der Waals surface area contributed by atoms with Crippen molar-refractivity contribution in [2.24, 2.45) is 5.73 Å². The topological polar surface area (TPSA) is 66.6 Å². The normalized spacial score (nSPS) is 24.6. The Balaban J connectivity index is 2.56. The minimum Gasteiger partial charge on any atom is -0.391 e. The van der Waals surface area contributed by atoms with E-state index in [0.29, 0.717) is 6.54 Å². The van der Waals surface area contributed by atoms with E-state index in [1.807, 2.05) is 0 Å². The highest BCUT2D eigenvalue weighted by Gasteiger charge is 2.30. The van der Waals surface area contributed by atoms with Gasteiger partial charge in [0.1, 0.15) is 0 Å². The lowest BCUT2D eigenvalue weighted by Crippen LogP contribution is -2.54. The Hall–Kier alpha value is -0.610. The zero-order valence-corrected chi connectivity index (χ0v) is 8.29. The van der Waals surface area contributed by atoms with E-state index in [4.69, 9.17) is 5.73 Å². The Kier molecular flexibility index (Phi) is 2.93. The van der Waals surface area contributed by atoms with Crippen LogP contribution in [-0.2, 0) is 4.79 Å². The molecule has 0 aromatic rings. The van der Waals surface area contributed by atoms with Gasteiger partial charge in [0.15, 0.2) is 0 Å². The van der Waals surface area contributed by atoms with Crippen LogP contribution in [0.25, 0.3) is 0 Å². The van der Waals surface area contributed by atoms with Gasteiger partial charge in [-0.05, 0) is 26.7 Å². The molecule has 1 aliphatic rings. The van der Waals surface area contributed by atoms with Gasteiger partial charge in [0.25, 0.3) is 0 Å². The number of carbonyl (C=O) groups is 1. The number of β-amino-alcohol motifs (C(OH)–C–C–N with tert-alkyl or cyclic N) is 1. The molecule has 4 nitrogen and oxygen atoms in total. The standard InChI is InChI=1S/C9H18N2O2/c1-9(2,10)8(13)11-5-3-4-7(12)6-11/h7,12H,3-6,10H2,1-2H3. The second kappa shape index (κ2) is 3.64. The lowest BCUT2D eigenvalue weighted by Gasteiger charge is -2.34. The fraction of sp³-hybridized carbons (Fsp3) is 0.889. The van der Waals surface area contributed by atoms with Crippen molar-refractivity contribution >= 4 is 5.91 Å². The van der Waals surface area contributed by atoms with Gasteiger partial charge < -0.3 is 15.7 Å². The summed E-state index contributed by atoms with van der Waals surface area (Å²) in [5.74, 6) is -0.0775. The van der Waals surface area contributed by atoms with E-state index in [0.717, 1.165) is 19.4 Å². The number of amides is 1. The SMILES string of the molecule is CC(C)(N)C(=O)N1CCCC(O)C1. The van der Waals surface area contributed by atoms with E-state index in [1.54, 1.807) is 18.7 Å². The Bertz CT molecular complexity index is 198. The molecule has 1 heterocycles. The Morgan fingerprint density at radius 1 is 1.62 bits per heavy atom. The summed E-state index contributed by atoms with van der Waals surface area (Å²) in [6.45, 7) is 4.53. The first-order chi connectivity index (χ1) is 5.91. The third-order valence-corrected chi connectivity index (χ3v) is 2.23. The fourth-order valence-electron chi connectivity index (χ4n) is 1.55. The van der Waals surface area contributed by atoms with Gasteiger partial charge in [-0.1, -0.05) is 0 Å². The molecule has 0 aromatic heterocycles. The van der Waals surface area contributed by atoms with Crippen molar-refractivity contribution in [3.8, 4) is 0 Å². The number of rotatable bonds is 1. The first-order valence-corrected chi connectivity index (χ1v) is 4.67. The van der Waals surface area contributed by atoms with E-state index >= 15 is 0 Å². The zero-order valence-electron chi connectivity index (χ0n) is 8.29. The van der Waals surface area contributed by atoms with Crippen LogP contribution < -0.4 is 5.73 Å². The highest BCUT2D eigenvalue weighted by molar-refractivity contribution is 5.85. The number of hydrogen-bond acceptors (Lipinski definition) is 3. The van der Waals surface area contributed by atoms with Gasteiger partial charge >= 0.3 is 0 Å². The summed E-state index contributed by atoms with van der Waals surface area (Å²) in [6, 6.07) is 0. The maximum atomic E-state index is 11.7. The summed E-state index contributed by atoms with van der Waals surface area (Å²) in [5, 5.41) is 9.36. The summed E-state index contributed by atoms with van der Waals surface area (Å²) in [6.07, 6.45) is 1.28. The van der Waals surface area contributed by atoms with Gasteiger partial charge in [0, 0.05) is 13.1 Å². The molecular weight excluding hydrogens is 168 g/mol. The second-order valence-electron chi connectivity index (χ2n) is 4.27. The van der Waals surface area contributed by atoms with Crippen LogP contribution in [0.3, 0.4) is 0 Å². The maximum absolute atomic E-state index is 11.7. The number of carbonyl (C=O) groups excluding carboxylic acids is 1. The van der Waals surface area contributed by atoms with Crippen molar-refractivity contribution in [3.63, 3.8) is 0 Å². The number of aliphatic hydroxyl groups is 1. The van der Waals surface area contributed by atoms with Crippen LogP contribution in [0.4, 0.5) is 0 Å². The van der Waals surface area contributed by atoms with Gasteiger partial charge in [0.05, 0.1) is 11.6 Å². The molecule has 3 N–H and O–H groups in total. The highest BCUT2D eigenvalue weighted by Crippen LogP contribution is 2.13. The average molecular weight is 186 g/mol. The summed E-state index contributed by atoms with van der Waals surface area (Å²) >= 11 is 0. The van der Waals surface area contributed by atoms with Crippen molar-refractivity contribution in [2.45, 2.75) is 38.3 Å². The Labute approximate surface area is 78.7 Å². The van der Waals surface area contributed by atoms with E-state index in [-0.39, 0.29) is 12.0 Å². The molecule has 1 amide bonds. The van der Waals surface area contributed by atoms with Crippen LogP contribution in [-0.4, -0.2) is 40.6 Å². The second-order valence-corrected chi connectivity index (χ2v) is 4.27. The summed E-state index contributed by atoms with van der Waals surface area (Å²) < 4.78 is 0. The molecule has 1 aliphatic heterocycles. The van der Waals surface area contributed by atoms with Crippen molar-refractivity contribution in [1.82, 2.24) is 4.90 Å². The highest BCUT2D eigenvalue weighted by atomic mass is 16.3. The third-order valence-electron chi connectivity index (χ3n) is 2.23. The predicted molar refractivity (Wildman–Crippen MR) is 50.1 cm³/mol. The Morgan fingerprint density at radius 2 is 2.23 bits per heavy atom. The molecule has 1 rings (SSSR count). The third kappa shape index (κ3) is 2.67. The molecule has 1 fully saturated rings. The largest absolute Gasteiger partial charge is 0.391 e. The van der Waals surface area contributed by atoms with Crippen LogP contribution >= 0.6 is 0 Å². The molecule has 0 spiro atoms. The van der Waals surface area contributed by atoms with Crippen LogP contribution in [0.15, 0.2) is 0 Å². The minimum atomic E-state index is -0.822. The number of likely N-dealkylation sites (tertiary alicyclic amines) is 1. The molecule has 0 radical (unpaired) electrons. The van der Waals surface area contributed by atoms with E-state index < -0.39 is 5.54 Å². The van der Waals surface area contributed by atoms with Gasteiger partial charge in [-0.3, -0.25) is 4.79 Å². The molecule has 13 heavy (non-hydrogen) atoms. The molecule has 0 aliphatic carbocycles. The summed E-state index contributed by atoms with van der Waals surface area (Å²) in [4.78, 5) is 13.3. The minimum absolute atomic E-state index is 0.0775. The summed E-state index contributed by atoms with van der Waals surface area (Å²) in [5.41, 5.74) is 4.86. The monoisotopic (exact) mass is 186 g/mol. The molecule has 1 saturated heterocycles. The molecule has 0 saturated carbocycles. The number of hydrogen-bond donors (Lipinski definition) is 2.